The summed E-state index contributed by atoms with van der Waals surface area (Å²) in [7, 11) is -4.23. The van der Waals surface area contributed by atoms with Crippen molar-refractivity contribution in [2.24, 2.45) is 0 Å². The molecule has 1 N–H and O–H groups in total. The average molecular weight is 422 g/mol. The minimum Gasteiger partial charge on any atom is -0.451 e. The van der Waals surface area contributed by atoms with Gasteiger partial charge in [0.2, 0.25) is 16.0 Å². The number of hydrogen-bond donors (Lipinski definition) is 1. The zero-order valence-electron chi connectivity index (χ0n) is 15.5. The second-order valence-corrected chi connectivity index (χ2v) is 8.20. The number of carbonyl (C=O) groups excluding carboxylic acids is 2. The van der Waals surface area contributed by atoms with Crippen molar-refractivity contribution in [2.45, 2.75) is 36.8 Å². The number of sulfonamides is 1. The Morgan fingerprint density at radius 2 is 1.93 bits per heavy atom. The van der Waals surface area contributed by atoms with Gasteiger partial charge < -0.3 is 4.74 Å². The van der Waals surface area contributed by atoms with Crippen molar-refractivity contribution < 1.29 is 27.1 Å². The smallest absolute Gasteiger partial charge is 0.325 e. The lowest BCUT2D eigenvalue weighted by atomic mass is 10.2. The van der Waals surface area contributed by atoms with E-state index in [1.165, 1.54) is 31.5 Å². The third-order valence-electron chi connectivity index (χ3n) is 4.36. The average Bonchev–Trinajstić information content (AvgIpc) is 3.20. The van der Waals surface area contributed by atoms with Crippen LogP contribution in [-0.4, -0.2) is 53.3 Å². The third kappa shape index (κ3) is 4.57. The first-order valence-corrected chi connectivity index (χ1v) is 10.3. The molecule has 29 heavy (non-hydrogen) atoms. The number of aromatic nitrogens is 2. The van der Waals surface area contributed by atoms with E-state index in [1.54, 1.807) is 6.07 Å². The third-order valence-corrected chi connectivity index (χ3v) is 6.30. The van der Waals surface area contributed by atoms with Crippen molar-refractivity contribution in [1.82, 2.24) is 14.3 Å². The number of nitrogens with zero attached hydrogens (tertiary/aromatic N) is 3. The van der Waals surface area contributed by atoms with E-state index in [4.69, 9.17) is 4.74 Å². The number of halogens is 1. The predicted octanol–water partition coefficient (Wildman–Crippen LogP) is 1.34. The Balaban J connectivity index is 1.70. The molecular weight excluding hydrogens is 403 g/mol. The summed E-state index contributed by atoms with van der Waals surface area (Å²) in [5.74, 6) is -2.39. The highest BCUT2D eigenvalue weighted by Gasteiger charge is 2.42. The number of amides is 1. The van der Waals surface area contributed by atoms with E-state index >= 15 is 0 Å². The minimum atomic E-state index is -4.23. The number of ether oxygens (including phenoxy) is 1. The van der Waals surface area contributed by atoms with E-state index in [1.807, 2.05) is 0 Å². The molecule has 3 rings (SSSR count). The largest absolute Gasteiger partial charge is 0.451 e. The van der Waals surface area contributed by atoms with E-state index in [9.17, 15) is 22.4 Å². The van der Waals surface area contributed by atoms with Gasteiger partial charge in [0.05, 0.1) is 0 Å². The Hall–Kier alpha value is -2.92. The molecule has 1 saturated heterocycles. The molecule has 0 radical (unpaired) electrons. The van der Waals surface area contributed by atoms with E-state index in [0.29, 0.717) is 6.42 Å². The van der Waals surface area contributed by atoms with Crippen LogP contribution < -0.4 is 5.32 Å². The lowest BCUT2D eigenvalue weighted by Gasteiger charge is -2.24. The zero-order chi connectivity index (χ0) is 21.0. The molecule has 0 saturated carbocycles. The molecule has 2 atom stereocenters. The molecule has 1 fully saturated rings. The van der Waals surface area contributed by atoms with Crippen LogP contribution in [0.3, 0.4) is 0 Å². The number of nitrogens with one attached hydrogen (secondary N) is 1. The number of hydrogen-bond acceptors (Lipinski definition) is 7. The van der Waals surface area contributed by atoms with Gasteiger partial charge in [0.15, 0.2) is 6.10 Å². The van der Waals surface area contributed by atoms with E-state index in [0.717, 1.165) is 16.4 Å². The molecule has 2 aromatic rings. The van der Waals surface area contributed by atoms with E-state index in [-0.39, 0.29) is 18.9 Å². The van der Waals surface area contributed by atoms with E-state index in [2.05, 4.69) is 15.3 Å². The summed E-state index contributed by atoms with van der Waals surface area (Å²) in [4.78, 5) is 31.9. The van der Waals surface area contributed by atoms with Crippen LogP contribution >= 0.6 is 0 Å². The molecule has 1 aromatic heterocycles. The van der Waals surface area contributed by atoms with Crippen LogP contribution in [-0.2, 0) is 24.3 Å². The highest BCUT2D eigenvalue weighted by atomic mass is 32.2. The van der Waals surface area contributed by atoms with Crippen molar-refractivity contribution >= 4 is 27.8 Å². The van der Waals surface area contributed by atoms with E-state index < -0.39 is 44.8 Å². The number of esters is 1. The zero-order valence-corrected chi connectivity index (χ0v) is 16.3. The standard InChI is InChI=1S/C18H19FN4O5S/c1-12(16(24)22-18-20-9-5-10-21-18)28-17(25)14-7-4-11-23(14)29(26,27)15-8-3-2-6-13(15)19/h2-3,5-6,8-10,12,14H,4,7,11H2,1H3,(H,20,21,22,24). The number of rotatable bonds is 6. The fraction of sp³-hybridized carbons (Fsp3) is 0.333. The van der Waals surface area contributed by atoms with Crippen molar-refractivity contribution in [3.05, 3.63) is 48.5 Å². The highest BCUT2D eigenvalue weighted by Crippen LogP contribution is 2.28. The molecule has 1 aromatic carbocycles. The number of carbonyl (C=O) groups is 2. The molecule has 2 heterocycles. The topological polar surface area (TPSA) is 119 Å². The summed E-state index contributed by atoms with van der Waals surface area (Å²) >= 11 is 0. The molecule has 0 aliphatic carbocycles. The van der Waals surface area contributed by atoms with Crippen LogP contribution in [0.15, 0.2) is 47.6 Å². The van der Waals surface area contributed by atoms with Gasteiger partial charge in [-0.1, -0.05) is 12.1 Å². The van der Waals surface area contributed by atoms with Crippen LogP contribution in [0.5, 0.6) is 0 Å². The second-order valence-electron chi connectivity index (χ2n) is 6.34. The summed E-state index contributed by atoms with van der Waals surface area (Å²) in [5.41, 5.74) is 0. The van der Waals surface area contributed by atoms with Crippen LogP contribution in [0.25, 0.3) is 0 Å². The Bertz CT molecular complexity index is 1000. The van der Waals surface area contributed by atoms with Crippen LogP contribution in [0, 0.1) is 5.82 Å². The molecule has 0 bridgehead atoms. The molecule has 1 amide bonds. The molecule has 2 unspecified atom stereocenters. The summed E-state index contributed by atoms with van der Waals surface area (Å²) in [5, 5.41) is 2.39. The predicted molar refractivity (Wildman–Crippen MR) is 99.5 cm³/mol. The first kappa shape index (κ1) is 20.8. The molecule has 0 spiro atoms. The maximum atomic E-state index is 14.0. The first-order chi connectivity index (χ1) is 13.8. The van der Waals surface area contributed by atoms with Gasteiger partial charge in [-0.05, 0) is 38.0 Å². The highest BCUT2D eigenvalue weighted by molar-refractivity contribution is 7.89. The normalized spacial score (nSPS) is 18.2. The Kier molecular flexibility index (Phi) is 6.18. The first-order valence-electron chi connectivity index (χ1n) is 8.85. The molecule has 1 aliphatic heterocycles. The van der Waals surface area contributed by atoms with Gasteiger partial charge in [0.25, 0.3) is 5.91 Å². The van der Waals surface area contributed by atoms with Crippen molar-refractivity contribution in [1.29, 1.82) is 0 Å². The minimum absolute atomic E-state index is 0.0463. The monoisotopic (exact) mass is 422 g/mol. The Morgan fingerprint density at radius 1 is 1.24 bits per heavy atom. The fourth-order valence-electron chi connectivity index (χ4n) is 2.93. The van der Waals surface area contributed by atoms with Crippen LogP contribution in [0.4, 0.5) is 10.3 Å². The number of benzene rings is 1. The van der Waals surface area contributed by atoms with Crippen molar-refractivity contribution in [3.8, 4) is 0 Å². The maximum Gasteiger partial charge on any atom is 0.325 e. The summed E-state index contributed by atoms with van der Waals surface area (Å²) in [6.45, 7) is 1.40. The van der Waals surface area contributed by atoms with Gasteiger partial charge in [-0.25, -0.2) is 22.8 Å². The van der Waals surface area contributed by atoms with Gasteiger partial charge in [-0.3, -0.25) is 14.9 Å². The number of anilines is 1. The summed E-state index contributed by atoms with van der Waals surface area (Å²) in [6.07, 6.45) is 2.28. The quantitative estimate of drug-likeness (QED) is 0.698. The molecule has 154 valence electrons. The van der Waals surface area contributed by atoms with Crippen molar-refractivity contribution in [2.75, 3.05) is 11.9 Å². The summed E-state index contributed by atoms with van der Waals surface area (Å²) < 4.78 is 45.7. The van der Waals surface area contributed by atoms with Gasteiger partial charge in [-0.15, -0.1) is 0 Å². The van der Waals surface area contributed by atoms with Gasteiger partial charge in [0.1, 0.15) is 16.8 Å². The van der Waals surface area contributed by atoms with Crippen LogP contribution in [0.1, 0.15) is 19.8 Å². The summed E-state index contributed by atoms with van der Waals surface area (Å²) in [6, 6.07) is 5.39. The van der Waals surface area contributed by atoms with Gasteiger partial charge in [-0.2, -0.15) is 4.31 Å². The van der Waals surface area contributed by atoms with Gasteiger partial charge in [0, 0.05) is 18.9 Å². The fourth-order valence-corrected chi connectivity index (χ4v) is 4.64. The molecule has 9 nitrogen and oxygen atoms in total. The lowest BCUT2D eigenvalue weighted by molar-refractivity contribution is -0.156. The second kappa shape index (κ2) is 8.62. The maximum absolute atomic E-state index is 14.0. The van der Waals surface area contributed by atoms with Crippen LogP contribution in [0.2, 0.25) is 0 Å². The lowest BCUT2D eigenvalue weighted by Crippen LogP contribution is -2.43. The molecular formula is C18H19FN4O5S. The SMILES string of the molecule is CC(OC(=O)C1CCCN1S(=O)(=O)c1ccccc1F)C(=O)Nc1ncccn1. The molecule has 11 heteroatoms. The van der Waals surface area contributed by atoms with Gasteiger partial charge >= 0.3 is 5.97 Å². The Morgan fingerprint density at radius 3 is 2.62 bits per heavy atom. The Labute approximate surface area is 167 Å². The van der Waals surface area contributed by atoms with Crippen molar-refractivity contribution in [3.63, 3.8) is 0 Å². The molecule has 1 aliphatic rings.